The van der Waals surface area contributed by atoms with E-state index < -0.39 is 9.84 Å². The van der Waals surface area contributed by atoms with E-state index in [0.29, 0.717) is 0 Å². The molecule has 1 aromatic rings. The van der Waals surface area contributed by atoms with Gasteiger partial charge in [-0.2, -0.15) is 0 Å². The monoisotopic (exact) mass is 247 g/mol. The second kappa shape index (κ2) is 5.63. The fourth-order valence-corrected chi connectivity index (χ4v) is 3.02. The van der Waals surface area contributed by atoms with Crippen molar-refractivity contribution in [1.29, 1.82) is 0 Å². The van der Waals surface area contributed by atoms with Gasteiger partial charge in [0.25, 0.3) is 0 Å². The average molecular weight is 247 g/mol. The van der Waals surface area contributed by atoms with Crippen LogP contribution in [0.2, 0.25) is 0 Å². The summed E-state index contributed by atoms with van der Waals surface area (Å²) >= 11 is 1.68. The van der Waals surface area contributed by atoms with Gasteiger partial charge in [-0.3, -0.25) is 0 Å². The zero-order valence-electron chi connectivity index (χ0n) is 9.06. The molecular weight excluding hydrogens is 230 g/mol. The van der Waals surface area contributed by atoms with Gasteiger partial charge in [-0.15, -0.1) is 11.3 Å². The molecule has 0 saturated carbocycles. The van der Waals surface area contributed by atoms with Crippen LogP contribution in [0.15, 0.2) is 17.5 Å². The van der Waals surface area contributed by atoms with Gasteiger partial charge in [-0.1, -0.05) is 13.0 Å². The highest BCUT2D eigenvalue weighted by Crippen LogP contribution is 2.08. The smallest absolute Gasteiger partial charge is 0.151 e. The van der Waals surface area contributed by atoms with E-state index in [2.05, 4.69) is 5.32 Å². The van der Waals surface area contributed by atoms with Gasteiger partial charge in [-0.25, -0.2) is 8.42 Å². The summed E-state index contributed by atoms with van der Waals surface area (Å²) in [7, 11) is -2.87. The molecule has 0 bridgehead atoms. The molecule has 0 aliphatic rings. The maximum absolute atomic E-state index is 11.3. The number of hydrogen-bond donors (Lipinski definition) is 1. The summed E-state index contributed by atoms with van der Waals surface area (Å²) in [5.41, 5.74) is 0. The number of rotatable bonds is 6. The van der Waals surface area contributed by atoms with Crippen molar-refractivity contribution in [2.24, 2.45) is 0 Å². The Morgan fingerprint density at radius 2 is 2.27 bits per heavy atom. The second-order valence-corrected chi connectivity index (χ2v) is 6.99. The molecule has 1 rings (SSSR count). The van der Waals surface area contributed by atoms with E-state index in [9.17, 15) is 8.42 Å². The van der Waals surface area contributed by atoms with E-state index in [1.54, 1.807) is 18.3 Å². The lowest BCUT2D eigenvalue weighted by Crippen LogP contribution is -2.32. The van der Waals surface area contributed by atoms with Crippen LogP contribution in [-0.4, -0.2) is 26.0 Å². The standard InChI is InChI=1S/C10H17NO2S2/c1-3-15(12,13)8-9(2)11-7-10-5-4-6-14-10/h4-6,9,11H,3,7-8H2,1-2H3. The molecular formula is C10H17NO2S2. The minimum Gasteiger partial charge on any atom is -0.308 e. The normalized spacial score (nSPS) is 14.0. The Morgan fingerprint density at radius 3 is 2.80 bits per heavy atom. The van der Waals surface area contributed by atoms with Crippen molar-refractivity contribution < 1.29 is 8.42 Å². The molecule has 0 radical (unpaired) electrons. The fourth-order valence-electron chi connectivity index (χ4n) is 1.25. The highest BCUT2D eigenvalue weighted by Gasteiger charge is 2.12. The van der Waals surface area contributed by atoms with Crippen molar-refractivity contribution in [2.75, 3.05) is 11.5 Å². The summed E-state index contributed by atoms with van der Waals surface area (Å²) < 4.78 is 22.7. The summed E-state index contributed by atoms with van der Waals surface area (Å²) in [5.74, 6) is 0.437. The van der Waals surface area contributed by atoms with Gasteiger partial charge in [0.05, 0.1) is 5.75 Å². The third-order valence-corrected chi connectivity index (χ3v) is 4.91. The topological polar surface area (TPSA) is 46.2 Å². The maximum Gasteiger partial charge on any atom is 0.151 e. The zero-order valence-corrected chi connectivity index (χ0v) is 10.7. The van der Waals surface area contributed by atoms with Crippen LogP contribution in [0.1, 0.15) is 18.7 Å². The van der Waals surface area contributed by atoms with Crippen molar-refractivity contribution in [3.63, 3.8) is 0 Å². The second-order valence-electron chi connectivity index (χ2n) is 3.56. The van der Waals surface area contributed by atoms with Crippen molar-refractivity contribution >= 4 is 21.2 Å². The van der Waals surface area contributed by atoms with Gasteiger partial charge in [-0.05, 0) is 18.4 Å². The van der Waals surface area contributed by atoms with Crippen LogP contribution in [-0.2, 0) is 16.4 Å². The molecule has 1 N–H and O–H groups in total. The van der Waals surface area contributed by atoms with Gasteiger partial charge in [0.15, 0.2) is 9.84 Å². The number of hydrogen-bond acceptors (Lipinski definition) is 4. The minimum atomic E-state index is -2.87. The van der Waals surface area contributed by atoms with Gasteiger partial charge in [0, 0.05) is 23.2 Å². The fraction of sp³-hybridized carbons (Fsp3) is 0.600. The van der Waals surface area contributed by atoms with E-state index >= 15 is 0 Å². The Bertz CT molecular complexity index is 370. The Kier molecular flexibility index (Phi) is 4.76. The minimum absolute atomic E-state index is 0.0112. The van der Waals surface area contributed by atoms with Crippen LogP contribution >= 0.6 is 11.3 Å². The first-order valence-corrected chi connectivity index (χ1v) is 7.70. The lowest BCUT2D eigenvalue weighted by Gasteiger charge is -2.12. The lowest BCUT2D eigenvalue weighted by molar-refractivity contribution is 0.559. The van der Waals surface area contributed by atoms with E-state index in [-0.39, 0.29) is 17.5 Å². The van der Waals surface area contributed by atoms with Crippen LogP contribution in [0.25, 0.3) is 0 Å². The molecule has 0 saturated heterocycles. The summed E-state index contributed by atoms with van der Waals surface area (Å²) in [6, 6.07) is 4.05. The summed E-state index contributed by atoms with van der Waals surface area (Å²) in [6.07, 6.45) is 0. The Morgan fingerprint density at radius 1 is 1.53 bits per heavy atom. The molecule has 15 heavy (non-hydrogen) atoms. The zero-order chi connectivity index (χ0) is 11.3. The van der Waals surface area contributed by atoms with Gasteiger partial charge >= 0.3 is 0 Å². The summed E-state index contributed by atoms with van der Waals surface area (Å²) in [5, 5.41) is 5.23. The predicted octanol–water partition coefficient (Wildman–Crippen LogP) is 1.66. The quantitative estimate of drug-likeness (QED) is 0.831. The third-order valence-electron chi connectivity index (χ3n) is 2.15. The van der Waals surface area contributed by atoms with Gasteiger partial charge in [0.1, 0.15) is 0 Å². The molecule has 0 amide bonds. The molecule has 1 atom stereocenters. The summed E-state index contributed by atoms with van der Waals surface area (Å²) in [6.45, 7) is 4.33. The number of thiophene rings is 1. The van der Waals surface area contributed by atoms with Crippen molar-refractivity contribution in [2.45, 2.75) is 26.4 Å². The maximum atomic E-state index is 11.3. The molecule has 0 aliphatic carbocycles. The van der Waals surface area contributed by atoms with Crippen LogP contribution < -0.4 is 5.32 Å². The Balaban J connectivity index is 2.34. The van der Waals surface area contributed by atoms with Gasteiger partial charge in [0.2, 0.25) is 0 Å². The van der Waals surface area contributed by atoms with E-state index in [4.69, 9.17) is 0 Å². The Labute approximate surface area is 95.4 Å². The molecule has 86 valence electrons. The molecule has 1 unspecified atom stereocenters. The first-order valence-electron chi connectivity index (χ1n) is 4.99. The predicted molar refractivity (Wildman–Crippen MR) is 64.9 cm³/mol. The van der Waals surface area contributed by atoms with E-state index in [1.165, 1.54) is 4.88 Å². The molecule has 0 fully saturated rings. The van der Waals surface area contributed by atoms with Crippen molar-refractivity contribution in [3.8, 4) is 0 Å². The largest absolute Gasteiger partial charge is 0.308 e. The molecule has 0 aliphatic heterocycles. The number of sulfone groups is 1. The third kappa shape index (κ3) is 4.77. The highest BCUT2D eigenvalue weighted by molar-refractivity contribution is 7.91. The molecule has 0 aromatic carbocycles. The molecule has 3 nitrogen and oxygen atoms in total. The van der Waals surface area contributed by atoms with Gasteiger partial charge < -0.3 is 5.32 Å². The summed E-state index contributed by atoms with van der Waals surface area (Å²) in [4.78, 5) is 1.23. The molecule has 5 heteroatoms. The molecule has 0 spiro atoms. The lowest BCUT2D eigenvalue weighted by atomic mass is 10.3. The van der Waals surface area contributed by atoms with E-state index in [1.807, 2.05) is 24.4 Å². The van der Waals surface area contributed by atoms with Crippen LogP contribution in [0.5, 0.6) is 0 Å². The molecule has 1 heterocycles. The highest BCUT2D eigenvalue weighted by atomic mass is 32.2. The van der Waals surface area contributed by atoms with Crippen LogP contribution in [0, 0.1) is 0 Å². The first kappa shape index (κ1) is 12.7. The van der Waals surface area contributed by atoms with Crippen molar-refractivity contribution in [1.82, 2.24) is 5.32 Å². The first-order chi connectivity index (χ1) is 7.03. The molecule has 1 aromatic heterocycles. The van der Waals surface area contributed by atoms with Crippen LogP contribution in [0.3, 0.4) is 0 Å². The average Bonchev–Trinajstić information content (AvgIpc) is 2.66. The number of nitrogens with one attached hydrogen (secondary N) is 1. The Hall–Kier alpha value is -0.390. The van der Waals surface area contributed by atoms with Crippen LogP contribution in [0.4, 0.5) is 0 Å². The van der Waals surface area contributed by atoms with Crippen molar-refractivity contribution in [3.05, 3.63) is 22.4 Å². The van der Waals surface area contributed by atoms with E-state index in [0.717, 1.165) is 6.54 Å². The SMILES string of the molecule is CCS(=O)(=O)CC(C)NCc1cccs1.